The molecule has 0 unspecified atom stereocenters. The number of nitrogens with one attached hydrogen (secondary N) is 3. The van der Waals surface area contributed by atoms with Crippen molar-refractivity contribution in [2.45, 2.75) is 78.4 Å². The maximum absolute atomic E-state index is 13.5. The second-order valence-corrected chi connectivity index (χ2v) is 13.5. The minimum atomic E-state index is -0.794. The Balaban J connectivity index is 1.93. The van der Waals surface area contributed by atoms with Gasteiger partial charge in [0.1, 0.15) is 6.61 Å². The Hall–Kier alpha value is -5.14. The first-order chi connectivity index (χ1) is 24.6. The highest BCUT2D eigenvalue weighted by Gasteiger charge is 2.29. The quantitative estimate of drug-likeness (QED) is 0.0665. The third-order valence-corrected chi connectivity index (χ3v) is 8.84. The van der Waals surface area contributed by atoms with Crippen molar-refractivity contribution in [1.82, 2.24) is 25.3 Å². The number of primary amides is 1. The molecule has 0 saturated heterocycles. The number of Topliss-reactive ketones (excluding diaryl/α,β-unsaturated/α-hetero) is 1. The summed E-state index contributed by atoms with van der Waals surface area (Å²) in [5.74, 6) is -1.99. The maximum atomic E-state index is 13.5. The monoisotopic (exact) mass is 723 g/mol. The number of ether oxygens (including phenoxy) is 1. The molecule has 0 spiro atoms. The van der Waals surface area contributed by atoms with Crippen LogP contribution < -0.4 is 21.7 Å². The van der Waals surface area contributed by atoms with Crippen molar-refractivity contribution in [1.29, 1.82) is 0 Å². The predicted molar refractivity (Wildman–Crippen MR) is 200 cm³/mol. The standard InChI is InChI=1S/C38H57N7O7/c1-26(2)36(42-33(47)13-9-8-10-21-45-34(48)18-19-35(45)49)32(46)24-30(12-11-20-40-38(39)51)37(50)41-31-16-14-29(15-17-31)25-52-28(5)44(7)23-22-43(6)27(3)4/h14-19,26,30,36H,3,5,8-13,20-25H2,1-2,4,6-7H3,(H,41,50)(H,42,47)(H3,39,40,51)/t30-,36+/m1/s1. The average Bonchev–Trinajstić information content (AvgIpc) is 3.41. The first-order valence-corrected chi connectivity index (χ1v) is 17.8. The van der Waals surface area contributed by atoms with E-state index in [-0.39, 0.29) is 54.7 Å². The largest absolute Gasteiger partial charge is 0.475 e. The zero-order chi connectivity index (χ0) is 38.8. The van der Waals surface area contributed by atoms with E-state index in [4.69, 9.17) is 10.5 Å². The number of carbonyl (C=O) groups is 6. The van der Waals surface area contributed by atoms with Crippen LogP contribution in [0.1, 0.15) is 71.3 Å². The fraction of sp³-hybridized carbons (Fsp3) is 0.526. The molecule has 286 valence electrons. The van der Waals surface area contributed by atoms with Gasteiger partial charge in [-0.1, -0.05) is 39.0 Å². The number of imide groups is 1. The molecule has 5 N–H and O–H groups in total. The van der Waals surface area contributed by atoms with Gasteiger partial charge in [-0.15, -0.1) is 0 Å². The van der Waals surface area contributed by atoms with Crippen LogP contribution in [0.25, 0.3) is 0 Å². The third kappa shape index (κ3) is 15.4. The molecule has 0 aromatic heterocycles. The smallest absolute Gasteiger partial charge is 0.312 e. The lowest BCUT2D eigenvalue weighted by molar-refractivity contribution is -0.137. The number of amides is 6. The van der Waals surface area contributed by atoms with E-state index in [0.717, 1.165) is 17.8 Å². The molecule has 1 aliphatic heterocycles. The summed E-state index contributed by atoms with van der Waals surface area (Å²) >= 11 is 0. The van der Waals surface area contributed by atoms with Gasteiger partial charge in [0, 0.05) is 82.6 Å². The van der Waals surface area contributed by atoms with Gasteiger partial charge < -0.3 is 36.2 Å². The molecule has 0 aliphatic carbocycles. The van der Waals surface area contributed by atoms with E-state index in [1.54, 1.807) is 12.1 Å². The van der Waals surface area contributed by atoms with E-state index in [0.29, 0.717) is 63.4 Å². The van der Waals surface area contributed by atoms with E-state index in [1.807, 2.05) is 56.8 Å². The van der Waals surface area contributed by atoms with Gasteiger partial charge in [-0.05, 0) is 62.8 Å². The molecule has 1 heterocycles. The van der Waals surface area contributed by atoms with E-state index in [9.17, 15) is 28.8 Å². The van der Waals surface area contributed by atoms with Gasteiger partial charge in [0.25, 0.3) is 11.8 Å². The molecule has 1 aromatic rings. The Morgan fingerprint density at radius 3 is 2.15 bits per heavy atom. The summed E-state index contributed by atoms with van der Waals surface area (Å²) in [6.07, 6.45) is 4.99. The Bertz CT molecular complexity index is 1440. The highest BCUT2D eigenvalue weighted by atomic mass is 16.5. The number of benzene rings is 1. The molecule has 0 saturated carbocycles. The van der Waals surface area contributed by atoms with Crippen LogP contribution in [0.3, 0.4) is 0 Å². The molecule has 1 aliphatic rings. The van der Waals surface area contributed by atoms with Crippen LogP contribution in [0.2, 0.25) is 0 Å². The number of urea groups is 1. The number of likely N-dealkylation sites (N-methyl/N-ethyl adjacent to an activating group) is 2. The van der Waals surface area contributed by atoms with Crippen LogP contribution in [0, 0.1) is 11.8 Å². The number of rotatable bonds is 25. The van der Waals surface area contributed by atoms with E-state index < -0.39 is 18.0 Å². The Kier molecular flexibility index (Phi) is 18.2. The van der Waals surface area contributed by atoms with Gasteiger partial charge in [-0.25, -0.2) is 4.79 Å². The van der Waals surface area contributed by atoms with E-state index in [1.165, 1.54) is 17.1 Å². The van der Waals surface area contributed by atoms with Crippen molar-refractivity contribution in [3.05, 3.63) is 66.7 Å². The predicted octanol–water partition coefficient (Wildman–Crippen LogP) is 3.66. The van der Waals surface area contributed by atoms with Gasteiger partial charge in [0.05, 0.1) is 6.04 Å². The summed E-state index contributed by atoms with van der Waals surface area (Å²) in [6, 6.07) is 5.71. The number of hydrogen-bond donors (Lipinski definition) is 4. The fourth-order valence-electron chi connectivity index (χ4n) is 5.33. The topological polar surface area (TPSA) is 183 Å². The van der Waals surface area contributed by atoms with Gasteiger partial charge in [-0.2, -0.15) is 0 Å². The van der Waals surface area contributed by atoms with Gasteiger partial charge in [-0.3, -0.25) is 28.9 Å². The maximum Gasteiger partial charge on any atom is 0.312 e. The third-order valence-electron chi connectivity index (χ3n) is 8.84. The zero-order valence-electron chi connectivity index (χ0n) is 31.4. The lowest BCUT2D eigenvalue weighted by atomic mass is 9.89. The normalized spacial score (nSPS) is 13.4. The zero-order valence-corrected chi connectivity index (χ0v) is 31.4. The lowest BCUT2D eigenvalue weighted by Gasteiger charge is -2.26. The van der Waals surface area contributed by atoms with Gasteiger partial charge >= 0.3 is 6.03 Å². The molecule has 2 atom stereocenters. The summed E-state index contributed by atoms with van der Waals surface area (Å²) in [4.78, 5) is 79.5. The molecule has 1 aromatic carbocycles. The molecule has 14 heteroatoms. The second kappa shape index (κ2) is 21.9. The SMILES string of the molecule is C=C(C)N(C)CCN(C)C(=C)OCc1ccc(NC(=O)[C@H](CCCNC(N)=O)CC(=O)[C@@H](NC(=O)CCCCCN2C(=O)C=CC2=O)C(C)C)cc1. The van der Waals surface area contributed by atoms with Gasteiger partial charge in [0.15, 0.2) is 11.7 Å². The summed E-state index contributed by atoms with van der Waals surface area (Å²) < 4.78 is 5.86. The number of ketones is 1. The van der Waals surface area contributed by atoms with Crippen LogP contribution in [-0.4, -0.2) is 96.5 Å². The number of nitrogens with zero attached hydrogens (tertiary/aromatic N) is 3. The summed E-state index contributed by atoms with van der Waals surface area (Å²) in [7, 11) is 3.88. The highest BCUT2D eigenvalue weighted by molar-refractivity contribution is 6.12. The number of nitrogens with two attached hydrogens (primary N) is 1. The second-order valence-electron chi connectivity index (χ2n) is 13.5. The molecule has 2 rings (SSSR count). The summed E-state index contributed by atoms with van der Waals surface area (Å²) in [6.45, 7) is 15.9. The molecular formula is C38H57N7O7. The van der Waals surface area contributed by atoms with E-state index >= 15 is 0 Å². The number of anilines is 1. The summed E-state index contributed by atoms with van der Waals surface area (Å²) in [5, 5.41) is 8.25. The number of allylic oxidation sites excluding steroid dienone is 1. The van der Waals surface area contributed by atoms with Crippen molar-refractivity contribution >= 4 is 41.1 Å². The molecule has 6 amide bonds. The van der Waals surface area contributed by atoms with Crippen molar-refractivity contribution in [3.63, 3.8) is 0 Å². The van der Waals surface area contributed by atoms with Gasteiger partial charge in [0.2, 0.25) is 11.8 Å². The Morgan fingerprint density at radius 1 is 0.923 bits per heavy atom. The highest BCUT2D eigenvalue weighted by Crippen LogP contribution is 2.20. The van der Waals surface area contributed by atoms with Crippen molar-refractivity contribution in [3.8, 4) is 0 Å². The minimum absolute atomic E-state index is 0.110. The first kappa shape index (κ1) is 43.0. The number of unbranched alkanes of at least 4 members (excludes halogenated alkanes) is 2. The van der Waals surface area contributed by atoms with E-state index in [2.05, 4.69) is 29.1 Å². The Morgan fingerprint density at radius 2 is 1.56 bits per heavy atom. The van der Waals surface area contributed by atoms with Crippen molar-refractivity contribution in [2.24, 2.45) is 17.6 Å². The minimum Gasteiger partial charge on any atom is -0.475 e. The average molecular weight is 724 g/mol. The van der Waals surface area contributed by atoms with Crippen LogP contribution in [0.4, 0.5) is 10.5 Å². The van der Waals surface area contributed by atoms with Crippen molar-refractivity contribution in [2.75, 3.05) is 45.6 Å². The first-order valence-electron chi connectivity index (χ1n) is 17.8. The molecule has 0 fully saturated rings. The van der Waals surface area contributed by atoms with Crippen LogP contribution in [0.15, 0.2) is 61.2 Å². The number of hydrogen-bond acceptors (Lipinski definition) is 9. The Labute approximate surface area is 307 Å². The molecule has 0 bridgehead atoms. The van der Waals surface area contributed by atoms with Crippen LogP contribution >= 0.6 is 0 Å². The van der Waals surface area contributed by atoms with Crippen LogP contribution in [-0.2, 0) is 35.3 Å². The number of carbonyl (C=O) groups excluding carboxylic acids is 6. The fourth-order valence-corrected chi connectivity index (χ4v) is 5.33. The van der Waals surface area contributed by atoms with Crippen molar-refractivity contribution < 1.29 is 33.5 Å². The van der Waals surface area contributed by atoms with Crippen LogP contribution in [0.5, 0.6) is 0 Å². The molecule has 0 radical (unpaired) electrons. The molecule has 14 nitrogen and oxygen atoms in total. The lowest BCUT2D eigenvalue weighted by Crippen LogP contribution is -2.45. The molecular weight excluding hydrogens is 666 g/mol. The summed E-state index contributed by atoms with van der Waals surface area (Å²) in [5.41, 5.74) is 7.58. The molecule has 52 heavy (non-hydrogen) atoms.